The average Bonchev–Trinajstić information content (AvgIpc) is 3.14. The number of hydrogen-bond donors (Lipinski definition) is 4. The van der Waals surface area contributed by atoms with Gasteiger partial charge in [-0.2, -0.15) is 0 Å². The number of unbranched alkanes of at least 4 members (excludes halogenated alkanes) is 1. The molecule has 2 aliphatic carbocycles. The van der Waals surface area contributed by atoms with E-state index < -0.39 is 23.0 Å². The number of methoxy groups -OCH3 is 1. The van der Waals surface area contributed by atoms with Gasteiger partial charge in [0.05, 0.1) is 11.0 Å². The first-order chi connectivity index (χ1) is 15.4. The van der Waals surface area contributed by atoms with Gasteiger partial charge in [0, 0.05) is 24.8 Å². The lowest BCUT2D eigenvalue weighted by atomic mass is 9.48. The van der Waals surface area contributed by atoms with Gasteiger partial charge in [-0.15, -0.1) is 0 Å². The van der Waals surface area contributed by atoms with Crippen LogP contribution in [0.5, 0.6) is 11.5 Å². The quantitative estimate of drug-likeness (QED) is 0.443. The molecule has 32 heavy (non-hydrogen) atoms. The van der Waals surface area contributed by atoms with Gasteiger partial charge in [-0.3, -0.25) is 10.1 Å². The van der Waals surface area contributed by atoms with Crippen LogP contribution < -0.4 is 15.8 Å². The largest absolute Gasteiger partial charge is 0.504 e. The number of aromatic hydroxyl groups is 1. The predicted molar refractivity (Wildman–Crippen MR) is 119 cm³/mol. The second-order valence-corrected chi connectivity index (χ2v) is 9.99. The molecule has 176 valence electrons. The van der Waals surface area contributed by atoms with E-state index in [0.29, 0.717) is 18.7 Å². The molecule has 2 aliphatic heterocycles. The van der Waals surface area contributed by atoms with Crippen molar-refractivity contribution in [3.8, 4) is 11.5 Å². The molecule has 2 heterocycles. The normalized spacial score (nSPS) is 35.8. The summed E-state index contributed by atoms with van der Waals surface area (Å²) in [5.41, 5.74) is 7.08. The van der Waals surface area contributed by atoms with Crippen molar-refractivity contribution in [2.24, 2.45) is 5.73 Å². The van der Waals surface area contributed by atoms with Crippen LogP contribution in [0, 0.1) is 0 Å². The van der Waals surface area contributed by atoms with Crippen molar-refractivity contribution in [3.63, 3.8) is 0 Å². The number of phenols is 1. The van der Waals surface area contributed by atoms with Crippen LogP contribution in [-0.2, 0) is 21.4 Å². The van der Waals surface area contributed by atoms with Crippen LogP contribution in [0.3, 0.4) is 0 Å². The van der Waals surface area contributed by atoms with E-state index in [9.17, 15) is 15.0 Å². The number of hydrogen-bond acceptors (Lipinski definition) is 7. The van der Waals surface area contributed by atoms with E-state index in [4.69, 9.17) is 15.2 Å². The number of ether oxygens (including phenoxy) is 2. The maximum Gasteiger partial charge on any atom is 0.320 e. The Morgan fingerprint density at radius 2 is 2.22 bits per heavy atom. The molecule has 1 spiro atoms. The topological polar surface area (TPSA) is 117 Å². The summed E-state index contributed by atoms with van der Waals surface area (Å²) in [6, 6.07) is 3.18. The molecule has 1 aromatic carbocycles. The van der Waals surface area contributed by atoms with Crippen molar-refractivity contribution in [2.75, 3.05) is 27.2 Å². The van der Waals surface area contributed by atoms with Gasteiger partial charge in [0.15, 0.2) is 11.5 Å². The maximum atomic E-state index is 12.0. The number of carboxylic acid groups (broad SMARTS) is 1. The Labute approximate surface area is 189 Å². The van der Waals surface area contributed by atoms with E-state index in [1.807, 2.05) is 6.07 Å². The Morgan fingerprint density at radius 3 is 2.94 bits per heavy atom. The number of likely N-dealkylation sites (tertiary alicyclic amines) is 1. The number of piperidine rings is 1. The highest BCUT2D eigenvalue weighted by Gasteiger charge is 2.73. The molecule has 8 nitrogen and oxygen atoms in total. The number of benzene rings is 1. The Bertz CT molecular complexity index is 910. The SMILES string of the molecule is CO[C@@]12CC[C@H](NC(CCCCN)C(=O)O)[C@@H]3Oc4c(O)ccc5c4[C@@]31CCN(C)C2C5. The Balaban J connectivity index is 1.56. The van der Waals surface area contributed by atoms with E-state index >= 15 is 0 Å². The minimum Gasteiger partial charge on any atom is -0.504 e. The summed E-state index contributed by atoms with van der Waals surface area (Å²) < 4.78 is 13.0. The molecule has 4 aliphatic rings. The molecule has 5 rings (SSSR count). The first-order valence-corrected chi connectivity index (χ1v) is 11.9. The van der Waals surface area contributed by atoms with Gasteiger partial charge in [-0.25, -0.2) is 0 Å². The zero-order valence-corrected chi connectivity index (χ0v) is 19.0. The summed E-state index contributed by atoms with van der Waals surface area (Å²) in [5, 5.41) is 24.0. The van der Waals surface area contributed by atoms with E-state index in [0.717, 1.165) is 50.6 Å². The fraction of sp³-hybridized carbons (Fsp3) is 0.708. The molecule has 1 saturated heterocycles. The van der Waals surface area contributed by atoms with Crippen molar-refractivity contribution < 1.29 is 24.5 Å². The van der Waals surface area contributed by atoms with E-state index in [1.54, 1.807) is 13.2 Å². The third kappa shape index (κ3) is 2.79. The van der Waals surface area contributed by atoms with Crippen LogP contribution in [-0.4, -0.2) is 78.2 Å². The molecule has 2 bridgehead atoms. The average molecular weight is 446 g/mol. The smallest absolute Gasteiger partial charge is 0.320 e. The third-order valence-corrected chi connectivity index (χ3v) is 8.71. The molecule has 0 radical (unpaired) electrons. The summed E-state index contributed by atoms with van der Waals surface area (Å²) in [6.45, 7) is 1.48. The van der Waals surface area contributed by atoms with Crippen LogP contribution in [0.15, 0.2) is 12.1 Å². The van der Waals surface area contributed by atoms with Gasteiger partial charge < -0.3 is 30.3 Å². The van der Waals surface area contributed by atoms with Gasteiger partial charge in [-0.05, 0) is 70.3 Å². The number of rotatable bonds is 8. The van der Waals surface area contributed by atoms with Gasteiger partial charge in [0.2, 0.25) is 0 Å². The number of likely N-dealkylation sites (N-methyl/N-ethyl adjacent to an activating group) is 1. The summed E-state index contributed by atoms with van der Waals surface area (Å²) >= 11 is 0. The molecule has 1 saturated carbocycles. The Kier molecular flexibility index (Phi) is 5.40. The summed E-state index contributed by atoms with van der Waals surface area (Å²) in [5.74, 6) is -0.112. The minimum atomic E-state index is -0.841. The van der Waals surface area contributed by atoms with Crippen LogP contribution in [0.4, 0.5) is 0 Å². The second kappa shape index (κ2) is 7.87. The zero-order valence-electron chi connectivity index (χ0n) is 19.0. The van der Waals surface area contributed by atoms with Gasteiger partial charge in [-0.1, -0.05) is 12.5 Å². The fourth-order valence-corrected chi connectivity index (χ4v) is 7.34. The maximum absolute atomic E-state index is 12.0. The first-order valence-electron chi connectivity index (χ1n) is 11.9. The van der Waals surface area contributed by atoms with Crippen molar-refractivity contribution >= 4 is 5.97 Å². The summed E-state index contributed by atoms with van der Waals surface area (Å²) in [6.07, 6.45) is 5.12. The van der Waals surface area contributed by atoms with E-state index in [2.05, 4.69) is 17.3 Å². The number of nitrogens with two attached hydrogens (primary N) is 1. The molecular weight excluding hydrogens is 410 g/mol. The van der Waals surface area contributed by atoms with Crippen molar-refractivity contribution in [3.05, 3.63) is 23.3 Å². The summed E-state index contributed by atoms with van der Waals surface area (Å²) in [7, 11) is 3.97. The Morgan fingerprint density at radius 1 is 1.41 bits per heavy atom. The predicted octanol–water partition coefficient (Wildman–Crippen LogP) is 1.37. The molecule has 8 heteroatoms. The van der Waals surface area contributed by atoms with Crippen molar-refractivity contribution in [2.45, 2.75) is 80.2 Å². The van der Waals surface area contributed by atoms with Crippen LogP contribution in [0.25, 0.3) is 0 Å². The lowest BCUT2D eigenvalue weighted by Gasteiger charge is -2.65. The molecule has 6 atom stereocenters. The molecule has 5 N–H and O–H groups in total. The first kappa shape index (κ1) is 21.9. The van der Waals surface area contributed by atoms with Crippen LogP contribution in [0.1, 0.15) is 49.7 Å². The minimum absolute atomic E-state index is 0.140. The van der Waals surface area contributed by atoms with Gasteiger partial charge in [0.1, 0.15) is 12.1 Å². The molecule has 1 aromatic rings. The van der Waals surface area contributed by atoms with Crippen LogP contribution in [0.2, 0.25) is 0 Å². The fourth-order valence-electron chi connectivity index (χ4n) is 7.34. The van der Waals surface area contributed by atoms with Gasteiger partial charge >= 0.3 is 5.97 Å². The highest BCUT2D eigenvalue weighted by Crippen LogP contribution is 2.66. The van der Waals surface area contributed by atoms with Crippen molar-refractivity contribution in [1.29, 1.82) is 0 Å². The number of nitrogens with zero attached hydrogens (tertiary/aromatic N) is 1. The second-order valence-electron chi connectivity index (χ2n) is 9.99. The Hall–Kier alpha value is -1.87. The highest BCUT2D eigenvalue weighted by molar-refractivity contribution is 5.73. The summed E-state index contributed by atoms with van der Waals surface area (Å²) in [4.78, 5) is 14.4. The highest BCUT2D eigenvalue weighted by atomic mass is 16.5. The molecule has 0 amide bonds. The number of carbonyl (C=O) groups is 1. The number of phenolic OH excluding ortho intramolecular Hbond substituents is 1. The van der Waals surface area contributed by atoms with E-state index in [-0.39, 0.29) is 23.9 Å². The molecule has 2 unspecified atom stereocenters. The number of carboxylic acids is 1. The third-order valence-electron chi connectivity index (χ3n) is 8.71. The molecule has 2 fully saturated rings. The van der Waals surface area contributed by atoms with Crippen molar-refractivity contribution in [1.82, 2.24) is 10.2 Å². The van der Waals surface area contributed by atoms with E-state index in [1.165, 1.54) is 5.56 Å². The number of nitrogens with one attached hydrogen (secondary N) is 1. The lowest BCUT2D eigenvalue weighted by molar-refractivity contribution is -0.204. The standard InChI is InChI=1S/C24H35N3O5/c1-27-12-10-23-19-14-6-7-17(28)20(19)32-21(23)15(8-9-24(23,31-2)18(27)13-14)26-16(22(29)30)5-3-4-11-25/h6-7,15-16,18,21,26,28H,3-5,8-13,25H2,1-2H3,(H,29,30)/t15-,16?,18?,21-,23-,24+/m0/s1. The molecular formula is C24H35N3O5. The lowest BCUT2D eigenvalue weighted by Crippen LogP contribution is -2.78. The molecule has 0 aromatic heterocycles. The van der Waals surface area contributed by atoms with Gasteiger partial charge in [0.25, 0.3) is 0 Å². The number of aliphatic carboxylic acids is 1. The van der Waals surface area contributed by atoms with Crippen LogP contribution >= 0.6 is 0 Å². The monoisotopic (exact) mass is 445 g/mol. The zero-order chi connectivity index (χ0) is 22.7.